The van der Waals surface area contributed by atoms with Crippen LogP contribution in [0.3, 0.4) is 0 Å². The number of hydrogen-bond donors (Lipinski definition) is 1. The van der Waals surface area contributed by atoms with E-state index in [0.717, 1.165) is 15.2 Å². The van der Waals surface area contributed by atoms with E-state index >= 15 is 0 Å². The number of alkyl halides is 1. The molecule has 2 aromatic rings. The molecule has 2 nitrogen and oxygen atoms in total. The Kier molecular flexibility index (Phi) is 5.06. The number of nitrogens with one attached hydrogen (secondary N) is 1. The predicted octanol–water partition coefficient (Wildman–Crippen LogP) is 4.60. The molecule has 2 atom stereocenters. The van der Waals surface area contributed by atoms with Crippen LogP contribution in [0.5, 0.6) is 0 Å². The van der Waals surface area contributed by atoms with Crippen LogP contribution in [0.1, 0.15) is 24.2 Å². The van der Waals surface area contributed by atoms with Crippen LogP contribution in [0, 0.1) is 5.92 Å². The first-order valence-corrected chi connectivity index (χ1v) is 7.90. The van der Waals surface area contributed by atoms with E-state index in [1.54, 1.807) is 0 Å². The lowest BCUT2D eigenvalue weighted by Crippen LogP contribution is -2.37. The van der Waals surface area contributed by atoms with Crippen molar-refractivity contribution in [3.8, 4) is 0 Å². The van der Waals surface area contributed by atoms with Gasteiger partial charge in [-0.1, -0.05) is 35.0 Å². The SMILES string of the molecule is CC(CCl)C(C)NC(=O)c1ccc2cc(Br)ccc2c1. The second kappa shape index (κ2) is 6.59. The molecule has 0 aliphatic rings. The zero-order chi connectivity index (χ0) is 14.7. The van der Waals surface area contributed by atoms with E-state index < -0.39 is 0 Å². The summed E-state index contributed by atoms with van der Waals surface area (Å²) in [5, 5.41) is 5.15. The first-order valence-electron chi connectivity index (χ1n) is 6.57. The molecule has 106 valence electrons. The lowest BCUT2D eigenvalue weighted by molar-refractivity contribution is 0.0931. The number of carbonyl (C=O) groups is 1. The summed E-state index contributed by atoms with van der Waals surface area (Å²) in [6, 6.07) is 11.8. The van der Waals surface area contributed by atoms with E-state index in [0.29, 0.717) is 11.4 Å². The number of carbonyl (C=O) groups excluding carboxylic acids is 1. The summed E-state index contributed by atoms with van der Waals surface area (Å²) in [5.74, 6) is 0.726. The zero-order valence-corrected chi connectivity index (χ0v) is 13.8. The Balaban J connectivity index is 2.20. The fourth-order valence-corrected chi connectivity index (χ4v) is 2.57. The zero-order valence-electron chi connectivity index (χ0n) is 11.5. The van der Waals surface area contributed by atoms with E-state index in [9.17, 15) is 4.79 Å². The van der Waals surface area contributed by atoms with Gasteiger partial charge in [-0.3, -0.25) is 4.79 Å². The third-order valence-corrected chi connectivity index (χ3v) is 4.50. The van der Waals surface area contributed by atoms with Crippen LogP contribution >= 0.6 is 27.5 Å². The normalized spacial score (nSPS) is 14.0. The number of fused-ring (bicyclic) bond motifs is 1. The Morgan fingerprint density at radius 1 is 1.20 bits per heavy atom. The second-order valence-corrected chi connectivity index (χ2v) is 6.32. The Labute approximate surface area is 132 Å². The van der Waals surface area contributed by atoms with Gasteiger partial charge in [0.25, 0.3) is 5.91 Å². The summed E-state index contributed by atoms with van der Waals surface area (Å²) >= 11 is 9.26. The molecule has 2 aromatic carbocycles. The van der Waals surface area contributed by atoms with Crippen LogP contribution < -0.4 is 5.32 Å². The Morgan fingerprint density at radius 2 is 1.85 bits per heavy atom. The van der Waals surface area contributed by atoms with Gasteiger partial charge in [0.1, 0.15) is 0 Å². The monoisotopic (exact) mass is 353 g/mol. The summed E-state index contributed by atoms with van der Waals surface area (Å²) in [6.07, 6.45) is 0. The number of halogens is 2. The van der Waals surface area contributed by atoms with Crippen molar-refractivity contribution in [3.63, 3.8) is 0 Å². The predicted molar refractivity (Wildman–Crippen MR) is 88.5 cm³/mol. The Hall–Kier alpha value is -1.06. The van der Waals surface area contributed by atoms with Crippen molar-refractivity contribution in [2.45, 2.75) is 19.9 Å². The molecule has 1 N–H and O–H groups in total. The summed E-state index contributed by atoms with van der Waals surface area (Å²) in [4.78, 5) is 12.2. The molecular weight excluding hydrogens is 338 g/mol. The lowest BCUT2D eigenvalue weighted by Gasteiger charge is -2.19. The standard InChI is InChI=1S/C16H17BrClNO/c1-10(9-18)11(2)19-16(20)14-4-3-13-8-15(17)6-5-12(13)7-14/h3-8,10-11H,9H2,1-2H3,(H,19,20). The van der Waals surface area contributed by atoms with Crippen LogP contribution in [0.25, 0.3) is 10.8 Å². The minimum atomic E-state index is -0.0562. The molecule has 4 heteroatoms. The van der Waals surface area contributed by atoms with Crippen molar-refractivity contribution in [1.82, 2.24) is 5.32 Å². The Morgan fingerprint density at radius 3 is 2.55 bits per heavy atom. The number of rotatable bonds is 4. The molecule has 1 amide bonds. The first-order chi connectivity index (χ1) is 9.51. The van der Waals surface area contributed by atoms with E-state index in [-0.39, 0.29) is 17.9 Å². The Bertz CT molecular complexity index is 629. The lowest BCUT2D eigenvalue weighted by atomic mass is 10.0. The molecule has 0 aliphatic carbocycles. The van der Waals surface area contributed by atoms with Crippen LogP contribution in [0.4, 0.5) is 0 Å². The van der Waals surface area contributed by atoms with Crippen LogP contribution in [0.15, 0.2) is 40.9 Å². The summed E-state index contributed by atoms with van der Waals surface area (Å²) in [6.45, 7) is 4.00. The first kappa shape index (κ1) is 15.3. The molecule has 0 fully saturated rings. The number of hydrogen-bond acceptors (Lipinski definition) is 1. The highest BCUT2D eigenvalue weighted by Crippen LogP contribution is 2.21. The topological polar surface area (TPSA) is 29.1 Å². The fraction of sp³-hybridized carbons (Fsp3) is 0.312. The molecule has 0 aromatic heterocycles. The van der Waals surface area contributed by atoms with Crippen molar-refractivity contribution >= 4 is 44.2 Å². The molecule has 0 aliphatic heterocycles. The van der Waals surface area contributed by atoms with Gasteiger partial charge in [-0.15, -0.1) is 11.6 Å². The quantitative estimate of drug-likeness (QED) is 0.799. The maximum Gasteiger partial charge on any atom is 0.251 e. The van der Waals surface area contributed by atoms with Crippen molar-refractivity contribution in [2.75, 3.05) is 5.88 Å². The average Bonchev–Trinajstić information content (AvgIpc) is 2.45. The maximum atomic E-state index is 12.2. The number of benzene rings is 2. The summed E-state index contributed by atoms with van der Waals surface area (Å²) < 4.78 is 1.03. The highest BCUT2D eigenvalue weighted by atomic mass is 79.9. The van der Waals surface area contributed by atoms with E-state index in [4.69, 9.17) is 11.6 Å². The second-order valence-electron chi connectivity index (χ2n) is 5.10. The van der Waals surface area contributed by atoms with E-state index in [1.807, 2.05) is 50.2 Å². The molecule has 0 heterocycles. The number of amides is 1. The molecule has 0 spiro atoms. The molecule has 0 radical (unpaired) electrons. The van der Waals surface area contributed by atoms with Gasteiger partial charge in [-0.05, 0) is 47.9 Å². The van der Waals surface area contributed by atoms with Gasteiger partial charge in [0.2, 0.25) is 0 Å². The summed E-state index contributed by atoms with van der Waals surface area (Å²) in [5.41, 5.74) is 0.674. The van der Waals surface area contributed by atoms with Crippen LogP contribution in [-0.4, -0.2) is 17.8 Å². The summed E-state index contributed by atoms with van der Waals surface area (Å²) in [7, 11) is 0. The van der Waals surface area contributed by atoms with Gasteiger partial charge in [-0.2, -0.15) is 0 Å². The molecular formula is C16H17BrClNO. The average molecular weight is 355 g/mol. The highest BCUT2D eigenvalue weighted by molar-refractivity contribution is 9.10. The van der Waals surface area contributed by atoms with Gasteiger partial charge in [0.05, 0.1) is 0 Å². The van der Waals surface area contributed by atoms with Crippen molar-refractivity contribution in [2.24, 2.45) is 5.92 Å². The minimum Gasteiger partial charge on any atom is -0.349 e. The van der Waals surface area contributed by atoms with Gasteiger partial charge in [-0.25, -0.2) is 0 Å². The van der Waals surface area contributed by atoms with E-state index in [1.165, 1.54) is 0 Å². The fourth-order valence-electron chi connectivity index (χ4n) is 1.92. The van der Waals surface area contributed by atoms with Gasteiger partial charge in [0.15, 0.2) is 0 Å². The van der Waals surface area contributed by atoms with Crippen molar-refractivity contribution < 1.29 is 4.79 Å². The van der Waals surface area contributed by atoms with Crippen LogP contribution in [-0.2, 0) is 0 Å². The molecule has 0 bridgehead atoms. The van der Waals surface area contributed by atoms with Gasteiger partial charge in [0, 0.05) is 22.0 Å². The highest BCUT2D eigenvalue weighted by Gasteiger charge is 2.15. The third kappa shape index (κ3) is 3.53. The molecule has 0 saturated carbocycles. The van der Waals surface area contributed by atoms with E-state index in [2.05, 4.69) is 21.2 Å². The van der Waals surface area contributed by atoms with Crippen LogP contribution in [0.2, 0.25) is 0 Å². The third-order valence-electron chi connectivity index (χ3n) is 3.52. The molecule has 20 heavy (non-hydrogen) atoms. The molecule has 2 unspecified atom stereocenters. The van der Waals surface area contributed by atoms with Gasteiger partial charge < -0.3 is 5.32 Å². The largest absolute Gasteiger partial charge is 0.349 e. The van der Waals surface area contributed by atoms with Crippen molar-refractivity contribution in [3.05, 3.63) is 46.4 Å². The minimum absolute atomic E-state index is 0.0561. The smallest absolute Gasteiger partial charge is 0.251 e. The maximum absolute atomic E-state index is 12.2. The molecule has 2 rings (SSSR count). The van der Waals surface area contributed by atoms with Crippen molar-refractivity contribution in [1.29, 1.82) is 0 Å². The molecule has 0 saturated heterocycles. The van der Waals surface area contributed by atoms with Gasteiger partial charge >= 0.3 is 0 Å².